The zero-order valence-corrected chi connectivity index (χ0v) is 15.2. The van der Waals surface area contributed by atoms with Gasteiger partial charge in [0.2, 0.25) is 0 Å². The maximum atomic E-state index is 12.3. The fraction of sp³-hybridized carbons (Fsp3) is 0.211. The van der Waals surface area contributed by atoms with Crippen LogP contribution in [0.3, 0.4) is 0 Å². The molecule has 0 atom stereocenters. The highest BCUT2D eigenvalue weighted by Crippen LogP contribution is 2.29. The molecule has 0 spiro atoms. The number of benzene rings is 2. The molecule has 0 aliphatic heterocycles. The van der Waals surface area contributed by atoms with Gasteiger partial charge in [0, 0.05) is 17.0 Å². The third-order valence-corrected chi connectivity index (χ3v) is 4.07. The van der Waals surface area contributed by atoms with E-state index in [4.69, 9.17) is 21.1 Å². The van der Waals surface area contributed by atoms with Gasteiger partial charge < -0.3 is 9.47 Å². The van der Waals surface area contributed by atoms with Gasteiger partial charge in [-0.05, 0) is 48.5 Å². The number of hydrogen-bond acceptors (Lipinski definition) is 5. The first-order chi connectivity index (χ1) is 12.7. The molecular formula is C19H18ClN3O3. The van der Waals surface area contributed by atoms with Gasteiger partial charge in [-0.1, -0.05) is 0 Å². The summed E-state index contributed by atoms with van der Waals surface area (Å²) < 4.78 is 11.7. The molecule has 2 aromatic carbocycles. The summed E-state index contributed by atoms with van der Waals surface area (Å²) in [5, 5.41) is 4.49. The Hall–Kier alpha value is -2.86. The summed E-state index contributed by atoms with van der Waals surface area (Å²) in [4.78, 5) is 16.5. The zero-order valence-electron chi connectivity index (χ0n) is 14.5. The fourth-order valence-electron chi connectivity index (χ4n) is 2.54. The standard InChI is InChI=1S/C19H18ClN3O3/c1-25-15-7-3-13(4-8-15)17-18(14-5-9-16(26-2)10-6-14)22-23(12-11-20)19(24)21-17/h3-10H,11-12H2,1-2H3. The Bertz CT molecular complexity index is 938. The molecule has 134 valence electrons. The maximum absolute atomic E-state index is 12.3. The lowest BCUT2D eigenvalue weighted by Crippen LogP contribution is -2.27. The van der Waals surface area contributed by atoms with E-state index in [0.29, 0.717) is 17.9 Å². The number of halogens is 1. The molecule has 1 aromatic heterocycles. The van der Waals surface area contributed by atoms with Crippen molar-refractivity contribution in [1.29, 1.82) is 0 Å². The van der Waals surface area contributed by atoms with Crippen molar-refractivity contribution in [3.63, 3.8) is 0 Å². The molecule has 3 rings (SSSR count). The summed E-state index contributed by atoms with van der Waals surface area (Å²) in [5.41, 5.74) is 2.27. The number of aryl methyl sites for hydroxylation is 1. The lowest BCUT2D eigenvalue weighted by Gasteiger charge is -2.12. The van der Waals surface area contributed by atoms with Crippen LogP contribution in [0.15, 0.2) is 53.3 Å². The van der Waals surface area contributed by atoms with Crippen LogP contribution in [0.2, 0.25) is 0 Å². The average Bonchev–Trinajstić information content (AvgIpc) is 2.69. The van der Waals surface area contributed by atoms with E-state index in [1.165, 1.54) is 4.68 Å². The van der Waals surface area contributed by atoms with Crippen LogP contribution in [-0.4, -0.2) is 34.9 Å². The molecule has 0 saturated carbocycles. The fourth-order valence-corrected chi connectivity index (χ4v) is 2.70. The topological polar surface area (TPSA) is 66.2 Å². The number of alkyl halides is 1. The molecule has 0 aliphatic carbocycles. The monoisotopic (exact) mass is 371 g/mol. The second kappa shape index (κ2) is 8.01. The Morgan fingerprint density at radius 3 is 1.85 bits per heavy atom. The normalized spacial score (nSPS) is 10.6. The average molecular weight is 372 g/mol. The van der Waals surface area contributed by atoms with Crippen LogP contribution in [0.25, 0.3) is 22.5 Å². The van der Waals surface area contributed by atoms with Gasteiger partial charge in [-0.15, -0.1) is 11.6 Å². The second-order valence-electron chi connectivity index (χ2n) is 5.46. The Balaban J connectivity index is 2.17. The SMILES string of the molecule is COc1ccc(-c2nc(=O)n(CCCl)nc2-c2ccc(OC)cc2)cc1. The van der Waals surface area contributed by atoms with Gasteiger partial charge in [0.05, 0.1) is 20.8 Å². The molecule has 0 fully saturated rings. The summed E-state index contributed by atoms with van der Waals surface area (Å²) in [7, 11) is 3.21. The van der Waals surface area contributed by atoms with E-state index in [0.717, 1.165) is 22.6 Å². The third-order valence-electron chi connectivity index (χ3n) is 3.90. The quantitative estimate of drug-likeness (QED) is 0.622. The third kappa shape index (κ3) is 3.70. The minimum Gasteiger partial charge on any atom is -0.497 e. The lowest BCUT2D eigenvalue weighted by molar-refractivity contribution is 0.414. The molecule has 26 heavy (non-hydrogen) atoms. The molecule has 0 saturated heterocycles. The van der Waals surface area contributed by atoms with Gasteiger partial charge >= 0.3 is 5.69 Å². The first kappa shape index (κ1) is 17.9. The van der Waals surface area contributed by atoms with Crippen molar-refractivity contribution in [2.75, 3.05) is 20.1 Å². The number of ether oxygens (including phenoxy) is 2. The van der Waals surface area contributed by atoms with Crippen molar-refractivity contribution in [2.24, 2.45) is 0 Å². The van der Waals surface area contributed by atoms with Crippen molar-refractivity contribution in [3.8, 4) is 34.0 Å². The van der Waals surface area contributed by atoms with E-state index in [-0.39, 0.29) is 5.88 Å². The Morgan fingerprint density at radius 1 is 0.885 bits per heavy atom. The molecule has 0 unspecified atom stereocenters. The van der Waals surface area contributed by atoms with Crippen LogP contribution in [0.4, 0.5) is 0 Å². The maximum Gasteiger partial charge on any atom is 0.364 e. The Kier molecular flexibility index (Phi) is 5.53. The van der Waals surface area contributed by atoms with E-state index in [1.807, 2.05) is 48.5 Å². The van der Waals surface area contributed by atoms with E-state index < -0.39 is 5.69 Å². The Morgan fingerprint density at radius 2 is 1.38 bits per heavy atom. The highest BCUT2D eigenvalue weighted by atomic mass is 35.5. The second-order valence-corrected chi connectivity index (χ2v) is 5.84. The van der Waals surface area contributed by atoms with Crippen LogP contribution in [-0.2, 0) is 6.54 Å². The first-order valence-corrected chi connectivity index (χ1v) is 8.53. The molecule has 1 heterocycles. The highest BCUT2D eigenvalue weighted by Gasteiger charge is 2.15. The van der Waals surface area contributed by atoms with Crippen LogP contribution >= 0.6 is 11.6 Å². The predicted molar refractivity (Wildman–Crippen MR) is 101 cm³/mol. The van der Waals surface area contributed by atoms with Crippen LogP contribution in [0.1, 0.15) is 0 Å². The Labute approximate surface area is 156 Å². The number of aromatic nitrogens is 3. The van der Waals surface area contributed by atoms with Gasteiger partial charge in [0.25, 0.3) is 0 Å². The van der Waals surface area contributed by atoms with Gasteiger partial charge in [-0.2, -0.15) is 10.1 Å². The van der Waals surface area contributed by atoms with Gasteiger partial charge in [-0.25, -0.2) is 9.48 Å². The van der Waals surface area contributed by atoms with Crippen molar-refractivity contribution in [1.82, 2.24) is 14.8 Å². The van der Waals surface area contributed by atoms with Crippen LogP contribution < -0.4 is 15.2 Å². The lowest BCUT2D eigenvalue weighted by atomic mass is 10.0. The van der Waals surface area contributed by atoms with Crippen LogP contribution in [0.5, 0.6) is 11.5 Å². The molecule has 0 N–H and O–H groups in total. The van der Waals surface area contributed by atoms with Crippen molar-refractivity contribution in [2.45, 2.75) is 6.54 Å². The number of methoxy groups -OCH3 is 2. The largest absolute Gasteiger partial charge is 0.497 e. The van der Waals surface area contributed by atoms with Gasteiger partial charge in [0.15, 0.2) is 0 Å². The molecule has 7 heteroatoms. The minimum atomic E-state index is -0.436. The summed E-state index contributed by atoms with van der Waals surface area (Å²) in [6, 6.07) is 14.8. The predicted octanol–water partition coefficient (Wildman–Crippen LogP) is 3.23. The molecular weight excluding hydrogens is 354 g/mol. The molecule has 0 radical (unpaired) electrons. The van der Waals surface area contributed by atoms with E-state index in [2.05, 4.69) is 10.1 Å². The number of nitrogens with zero attached hydrogens (tertiary/aromatic N) is 3. The minimum absolute atomic E-state index is 0.276. The summed E-state index contributed by atoms with van der Waals surface area (Å²) in [6.07, 6.45) is 0. The molecule has 3 aromatic rings. The first-order valence-electron chi connectivity index (χ1n) is 8.00. The van der Waals surface area contributed by atoms with Gasteiger partial charge in [-0.3, -0.25) is 0 Å². The zero-order chi connectivity index (χ0) is 18.5. The molecule has 0 amide bonds. The van der Waals surface area contributed by atoms with E-state index >= 15 is 0 Å². The van der Waals surface area contributed by atoms with Crippen LogP contribution in [0, 0.1) is 0 Å². The summed E-state index contributed by atoms with van der Waals surface area (Å²) >= 11 is 5.78. The molecule has 0 aliphatic rings. The van der Waals surface area contributed by atoms with E-state index in [9.17, 15) is 4.79 Å². The number of rotatable bonds is 6. The van der Waals surface area contributed by atoms with E-state index in [1.54, 1.807) is 14.2 Å². The van der Waals surface area contributed by atoms with Crippen molar-refractivity contribution >= 4 is 11.6 Å². The smallest absolute Gasteiger partial charge is 0.364 e. The number of hydrogen-bond donors (Lipinski definition) is 0. The molecule has 0 bridgehead atoms. The van der Waals surface area contributed by atoms with Crippen molar-refractivity contribution < 1.29 is 9.47 Å². The molecule has 6 nitrogen and oxygen atoms in total. The summed E-state index contributed by atoms with van der Waals surface area (Å²) in [6.45, 7) is 0.291. The van der Waals surface area contributed by atoms with Gasteiger partial charge in [0.1, 0.15) is 22.9 Å². The highest BCUT2D eigenvalue weighted by molar-refractivity contribution is 6.17. The summed E-state index contributed by atoms with van der Waals surface area (Å²) in [5.74, 6) is 1.74. The van der Waals surface area contributed by atoms with Crippen molar-refractivity contribution in [3.05, 3.63) is 59.0 Å².